The highest BCUT2D eigenvalue weighted by Crippen LogP contribution is 2.46. The van der Waals surface area contributed by atoms with Gasteiger partial charge in [0.2, 0.25) is 0 Å². The number of halogens is 1. The molecule has 0 bridgehead atoms. The quantitative estimate of drug-likeness (QED) is 0.132. The van der Waals surface area contributed by atoms with E-state index in [4.69, 9.17) is 15.0 Å². The molecule has 4 heteroatoms. The van der Waals surface area contributed by atoms with Crippen molar-refractivity contribution in [1.29, 1.82) is 0 Å². The van der Waals surface area contributed by atoms with Gasteiger partial charge in [0, 0.05) is 33.7 Å². The number of rotatable bonds is 6. The van der Waals surface area contributed by atoms with E-state index in [0.717, 1.165) is 39.5 Å². The Morgan fingerprint density at radius 3 is 1.86 bits per heavy atom. The van der Waals surface area contributed by atoms with Gasteiger partial charge >= 0.3 is 0 Å². The maximum atomic E-state index is 5.28. The number of aromatic nitrogens is 2. The van der Waals surface area contributed by atoms with Gasteiger partial charge in [0.15, 0.2) is 0 Å². The van der Waals surface area contributed by atoms with Gasteiger partial charge in [-0.1, -0.05) is 145 Å². The summed E-state index contributed by atoms with van der Waals surface area (Å²) in [6.07, 6.45) is 11.0. The number of allylic oxidation sites excluding steroid dienone is 5. The smallest absolute Gasteiger partial charge is 0.0698 e. The SMILES string of the molecule is CC1C(c2ccccc2)=NC(c2ccccc2)=CC1[C@H]1C=C(c2ccccn2)C=C(c2ccc(-c3ccccc3)cn2)C1I. The van der Waals surface area contributed by atoms with Crippen molar-refractivity contribution in [1.82, 2.24) is 9.97 Å². The summed E-state index contributed by atoms with van der Waals surface area (Å²) in [4.78, 5) is 15.1. The summed E-state index contributed by atoms with van der Waals surface area (Å²) in [5.41, 5.74) is 11.1. The molecule has 1 aliphatic heterocycles. The zero-order valence-electron chi connectivity index (χ0n) is 24.5. The molecule has 0 N–H and O–H groups in total. The first-order chi connectivity index (χ1) is 21.7. The third-order valence-corrected chi connectivity index (χ3v) is 10.1. The molecule has 0 saturated heterocycles. The Morgan fingerprint density at radius 1 is 0.568 bits per heavy atom. The number of benzene rings is 3. The Kier molecular flexibility index (Phi) is 8.16. The van der Waals surface area contributed by atoms with Crippen LogP contribution in [0.2, 0.25) is 0 Å². The molecule has 0 amide bonds. The molecule has 44 heavy (non-hydrogen) atoms. The van der Waals surface area contributed by atoms with Gasteiger partial charge in [-0.15, -0.1) is 0 Å². The molecule has 2 aliphatic rings. The van der Waals surface area contributed by atoms with Crippen molar-refractivity contribution in [2.24, 2.45) is 22.7 Å². The fourth-order valence-corrected chi connectivity index (χ4v) is 7.49. The van der Waals surface area contributed by atoms with E-state index < -0.39 is 0 Å². The molecule has 0 saturated carbocycles. The van der Waals surface area contributed by atoms with Gasteiger partial charge in [0.05, 0.1) is 22.8 Å². The highest BCUT2D eigenvalue weighted by atomic mass is 127. The Labute approximate surface area is 273 Å². The zero-order valence-corrected chi connectivity index (χ0v) is 26.6. The lowest BCUT2D eigenvalue weighted by molar-refractivity contribution is 0.423. The van der Waals surface area contributed by atoms with Gasteiger partial charge in [-0.05, 0) is 58.0 Å². The van der Waals surface area contributed by atoms with Crippen LogP contribution in [0.4, 0.5) is 0 Å². The van der Waals surface area contributed by atoms with Crippen LogP contribution in [0.15, 0.2) is 157 Å². The van der Waals surface area contributed by atoms with E-state index in [0.29, 0.717) is 0 Å². The van der Waals surface area contributed by atoms with Crippen LogP contribution in [0, 0.1) is 17.8 Å². The zero-order chi connectivity index (χ0) is 29.9. The monoisotopic (exact) mass is 681 g/mol. The second kappa shape index (κ2) is 12.7. The second-order valence-corrected chi connectivity index (χ2v) is 12.7. The topological polar surface area (TPSA) is 38.1 Å². The summed E-state index contributed by atoms with van der Waals surface area (Å²) in [5, 5.41) is 0. The average Bonchev–Trinajstić information content (AvgIpc) is 3.10. The van der Waals surface area contributed by atoms with Gasteiger partial charge in [-0.3, -0.25) is 15.0 Å². The third kappa shape index (κ3) is 5.74. The van der Waals surface area contributed by atoms with Crippen molar-refractivity contribution in [2.75, 3.05) is 0 Å². The molecule has 1 aliphatic carbocycles. The van der Waals surface area contributed by atoms with Gasteiger partial charge in [-0.2, -0.15) is 0 Å². The fraction of sp³-hybridized carbons (Fsp3) is 0.125. The van der Waals surface area contributed by atoms with E-state index >= 15 is 0 Å². The Balaban J connectivity index is 1.33. The van der Waals surface area contributed by atoms with Crippen LogP contribution in [0.5, 0.6) is 0 Å². The van der Waals surface area contributed by atoms with E-state index in [1.165, 1.54) is 16.7 Å². The third-order valence-electron chi connectivity index (χ3n) is 8.63. The summed E-state index contributed by atoms with van der Waals surface area (Å²) in [6, 6.07) is 42.1. The summed E-state index contributed by atoms with van der Waals surface area (Å²) in [7, 11) is 0. The minimum absolute atomic E-state index is 0.200. The van der Waals surface area contributed by atoms with E-state index in [9.17, 15) is 0 Å². The maximum absolute atomic E-state index is 5.28. The number of hydrogen-bond acceptors (Lipinski definition) is 3. The molecule has 5 aromatic rings. The lowest BCUT2D eigenvalue weighted by atomic mass is 9.71. The summed E-state index contributed by atoms with van der Waals surface area (Å²) >= 11 is 2.65. The van der Waals surface area contributed by atoms with Crippen molar-refractivity contribution in [3.63, 3.8) is 0 Å². The molecule has 4 atom stereocenters. The lowest BCUT2D eigenvalue weighted by Gasteiger charge is -2.38. The minimum Gasteiger partial charge on any atom is -0.256 e. The first kappa shape index (κ1) is 28.4. The average molecular weight is 682 g/mol. The normalized spacial score (nSPS) is 21.5. The molecule has 0 radical (unpaired) electrons. The summed E-state index contributed by atoms with van der Waals surface area (Å²) in [6.45, 7) is 2.33. The van der Waals surface area contributed by atoms with Crippen LogP contribution >= 0.6 is 22.6 Å². The van der Waals surface area contributed by atoms with Gasteiger partial charge in [0.1, 0.15) is 0 Å². The number of hydrogen-bond donors (Lipinski definition) is 0. The van der Waals surface area contributed by atoms with Crippen LogP contribution in [0.25, 0.3) is 28.0 Å². The van der Waals surface area contributed by atoms with Gasteiger partial charge < -0.3 is 0 Å². The molecule has 0 fully saturated rings. The van der Waals surface area contributed by atoms with Crippen LogP contribution < -0.4 is 0 Å². The Morgan fingerprint density at radius 2 is 1.23 bits per heavy atom. The maximum Gasteiger partial charge on any atom is 0.0698 e. The Bertz CT molecular complexity index is 1860. The predicted octanol–water partition coefficient (Wildman–Crippen LogP) is 9.84. The predicted molar refractivity (Wildman–Crippen MR) is 191 cm³/mol. The van der Waals surface area contributed by atoms with Crippen molar-refractivity contribution >= 4 is 45.1 Å². The molecule has 2 aromatic heterocycles. The van der Waals surface area contributed by atoms with Crippen LogP contribution in [-0.4, -0.2) is 19.6 Å². The highest BCUT2D eigenvalue weighted by Gasteiger charge is 2.38. The van der Waals surface area contributed by atoms with Gasteiger partial charge in [-0.25, -0.2) is 0 Å². The van der Waals surface area contributed by atoms with Crippen LogP contribution in [0.1, 0.15) is 29.4 Å². The molecule has 3 heterocycles. The minimum atomic E-state index is 0.200. The number of pyridine rings is 2. The molecule has 3 unspecified atom stereocenters. The summed E-state index contributed by atoms with van der Waals surface area (Å²) < 4.78 is 0.200. The molecule has 214 valence electrons. The van der Waals surface area contributed by atoms with E-state index in [1.54, 1.807) is 0 Å². The van der Waals surface area contributed by atoms with Crippen molar-refractivity contribution < 1.29 is 0 Å². The van der Waals surface area contributed by atoms with Crippen molar-refractivity contribution in [3.8, 4) is 11.1 Å². The molecular formula is C40H32IN3. The fourth-order valence-electron chi connectivity index (χ4n) is 6.30. The molecule has 0 spiro atoms. The van der Waals surface area contributed by atoms with Gasteiger partial charge in [0.25, 0.3) is 0 Å². The van der Waals surface area contributed by atoms with Crippen molar-refractivity contribution in [3.05, 3.63) is 174 Å². The summed E-state index contributed by atoms with van der Waals surface area (Å²) in [5.74, 6) is 0.623. The highest BCUT2D eigenvalue weighted by molar-refractivity contribution is 14.1. The van der Waals surface area contributed by atoms with Crippen molar-refractivity contribution in [2.45, 2.75) is 10.8 Å². The van der Waals surface area contributed by atoms with Crippen LogP contribution in [-0.2, 0) is 0 Å². The molecular weight excluding hydrogens is 649 g/mol. The number of aliphatic imine (C=N–C) groups is 1. The second-order valence-electron chi connectivity index (χ2n) is 11.4. The Hall–Kier alpha value is -4.42. The molecule has 7 rings (SSSR count). The number of alkyl halides is 1. The van der Waals surface area contributed by atoms with Crippen LogP contribution in [0.3, 0.4) is 0 Å². The molecule has 3 nitrogen and oxygen atoms in total. The first-order valence-corrected chi connectivity index (χ1v) is 16.3. The van der Waals surface area contributed by atoms with E-state index in [-0.39, 0.29) is 21.7 Å². The number of nitrogens with zero attached hydrogens (tertiary/aromatic N) is 3. The van der Waals surface area contributed by atoms with E-state index in [2.05, 4.69) is 157 Å². The molecule has 3 aromatic carbocycles. The largest absolute Gasteiger partial charge is 0.256 e. The standard InChI is InChI=1S/C40H32IN3/c1-27-33(25-38(29-15-7-3-8-16-29)44-40(27)30-17-9-4-10-18-30)34-23-32(36-19-11-12-22-42-36)24-35(39(34)41)37-21-20-31(26-43-37)28-13-5-2-6-14-28/h2-27,33-34,39H,1H3/t27?,33?,34-,39?/m1/s1. The van der Waals surface area contributed by atoms with E-state index in [1.807, 2.05) is 24.5 Å². The lowest BCUT2D eigenvalue weighted by Crippen LogP contribution is -2.34. The first-order valence-electron chi connectivity index (χ1n) is 15.1.